The molecule has 2 aromatic carbocycles. The van der Waals surface area contributed by atoms with Crippen LogP contribution in [0.1, 0.15) is 30.5 Å². The summed E-state index contributed by atoms with van der Waals surface area (Å²) in [5.41, 5.74) is 0.965. The van der Waals surface area contributed by atoms with Crippen molar-refractivity contribution in [3.63, 3.8) is 0 Å². The van der Waals surface area contributed by atoms with Crippen LogP contribution in [-0.2, 0) is 0 Å². The molecule has 2 aromatic rings. The van der Waals surface area contributed by atoms with Gasteiger partial charge in [-0.25, -0.2) is 8.78 Å². The molecule has 0 amide bonds. The van der Waals surface area contributed by atoms with Gasteiger partial charge in [0.05, 0.1) is 11.1 Å². The van der Waals surface area contributed by atoms with Crippen molar-refractivity contribution < 1.29 is 8.78 Å². The van der Waals surface area contributed by atoms with Crippen LogP contribution in [0.4, 0.5) is 8.78 Å². The van der Waals surface area contributed by atoms with Gasteiger partial charge >= 0.3 is 0 Å². The summed E-state index contributed by atoms with van der Waals surface area (Å²) < 4.78 is 28.6. The third-order valence-corrected chi connectivity index (χ3v) is 4.05. The van der Waals surface area contributed by atoms with E-state index in [1.54, 1.807) is 24.3 Å². The van der Waals surface area contributed by atoms with E-state index in [0.717, 1.165) is 10.9 Å². The molecule has 112 valence electrons. The second-order valence-electron chi connectivity index (χ2n) is 4.70. The Morgan fingerprint density at radius 2 is 1.90 bits per heavy atom. The van der Waals surface area contributed by atoms with Gasteiger partial charge in [0.1, 0.15) is 11.6 Å². The zero-order valence-electron chi connectivity index (χ0n) is 11.5. The lowest BCUT2D eigenvalue weighted by molar-refractivity contribution is 0.542. The second-order valence-corrected chi connectivity index (χ2v) is 5.99. The zero-order valence-corrected chi connectivity index (χ0v) is 13.8. The highest BCUT2D eigenvalue weighted by Gasteiger charge is 2.21. The number of nitrogens with one attached hydrogen (secondary N) is 1. The first-order chi connectivity index (χ1) is 10.0. The summed E-state index contributed by atoms with van der Waals surface area (Å²) in [6.07, 6.45) is 0.874. The maximum atomic E-state index is 14.2. The predicted molar refractivity (Wildman–Crippen MR) is 85.6 cm³/mol. The van der Waals surface area contributed by atoms with E-state index in [4.69, 9.17) is 11.6 Å². The van der Waals surface area contributed by atoms with E-state index >= 15 is 0 Å². The Morgan fingerprint density at radius 3 is 2.62 bits per heavy atom. The Hall–Kier alpha value is -0.970. The summed E-state index contributed by atoms with van der Waals surface area (Å²) in [5.74, 6) is -0.861. The molecular weight excluding hydrogens is 360 g/mol. The highest BCUT2D eigenvalue weighted by atomic mass is 79.9. The molecule has 0 fully saturated rings. The van der Waals surface area contributed by atoms with Gasteiger partial charge in [-0.15, -0.1) is 0 Å². The van der Waals surface area contributed by atoms with E-state index in [2.05, 4.69) is 21.2 Å². The summed E-state index contributed by atoms with van der Waals surface area (Å²) in [6, 6.07) is 8.78. The van der Waals surface area contributed by atoms with E-state index in [1.807, 2.05) is 6.92 Å². The van der Waals surface area contributed by atoms with Gasteiger partial charge in [-0.2, -0.15) is 0 Å². The number of halogens is 4. The molecular formula is C16H15BrClF2N. The monoisotopic (exact) mass is 373 g/mol. The van der Waals surface area contributed by atoms with Crippen LogP contribution < -0.4 is 5.32 Å². The quantitative estimate of drug-likeness (QED) is 0.732. The van der Waals surface area contributed by atoms with Gasteiger partial charge in [-0.3, -0.25) is 0 Å². The van der Waals surface area contributed by atoms with Crippen LogP contribution in [0.2, 0.25) is 5.02 Å². The predicted octanol–water partition coefficient (Wildman–Crippen LogP) is 5.47. The van der Waals surface area contributed by atoms with E-state index in [-0.39, 0.29) is 10.8 Å². The first kappa shape index (κ1) is 16.4. The van der Waals surface area contributed by atoms with Gasteiger partial charge in [0.25, 0.3) is 0 Å². The molecule has 21 heavy (non-hydrogen) atoms. The third-order valence-electron chi connectivity index (χ3n) is 3.16. The van der Waals surface area contributed by atoms with Gasteiger partial charge < -0.3 is 5.32 Å². The number of hydrogen-bond donors (Lipinski definition) is 1. The minimum absolute atomic E-state index is 0.0190. The minimum Gasteiger partial charge on any atom is -0.306 e. The summed E-state index contributed by atoms with van der Waals surface area (Å²) in [7, 11) is 0. The molecule has 1 unspecified atom stereocenters. The van der Waals surface area contributed by atoms with Crippen molar-refractivity contribution in [1.82, 2.24) is 5.32 Å². The van der Waals surface area contributed by atoms with Gasteiger partial charge in [0, 0.05) is 10.0 Å². The Balaban J connectivity index is 2.52. The molecule has 0 bridgehead atoms. The maximum absolute atomic E-state index is 14.2. The van der Waals surface area contributed by atoms with Crippen LogP contribution in [0.25, 0.3) is 0 Å². The van der Waals surface area contributed by atoms with Crippen LogP contribution in [0, 0.1) is 11.6 Å². The first-order valence-corrected chi connectivity index (χ1v) is 7.84. The summed E-state index contributed by atoms with van der Waals surface area (Å²) in [4.78, 5) is 0. The van der Waals surface area contributed by atoms with Gasteiger partial charge in [0.2, 0.25) is 0 Å². The smallest absolute Gasteiger partial charge is 0.142 e. The van der Waals surface area contributed by atoms with Gasteiger partial charge in [-0.05, 0) is 42.8 Å². The number of hydrogen-bond acceptors (Lipinski definition) is 1. The average molecular weight is 375 g/mol. The Labute approximate surface area is 136 Å². The molecule has 1 N–H and O–H groups in total. The van der Waals surface area contributed by atoms with Crippen molar-refractivity contribution in [2.75, 3.05) is 6.54 Å². The van der Waals surface area contributed by atoms with Crippen molar-refractivity contribution in [3.8, 4) is 0 Å². The van der Waals surface area contributed by atoms with Gasteiger partial charge in [-0.1, -0.05) is 46.6 Å². The minimum atomic E-state index is -0.507. The maximum Gasteiger partial charge on any atom is 0.142 e. The molecule has 0 radical (unpaired) electrons. The summed E-state index contributed by atoms with van der Waals surface area (Å²) >= 11 is 9.40. The Kier molecular flexibility index (Phi) is 5.73. The molecule has 0 aliphatic carbocycles. The molecule has 0 aromatic heterocycles. The Morgan fingerprint density at radius 1 is 1.14 bits per heavy atom. The lowest BCUT2D eigenvalue weighted by Gasteiger charge is -2.21. The van der Waals surface area contributed by atoms with Crippen molar-refractivity contribution in [2.24, 2.45) is 0 Å². The molecule has 1 nitrogen and oxygen atoms in total. The largest absolute Gasteiger partial charge is 0.306 e. The summed E-state index contributed by atoms with van der Waals surface area (Å²) in [6.45, 7) is 2.68. The molecule has 0 saturated heterocycles. The molecule has 0 heterocycles. The van der Waals surface area contributed by atoms with Crippen LogP contribution in [0.5, 0.6) is 0 Å². The number of rotatable bonds is 5. The van der Waals surface area contributed by atoms with Gasteiger partial charge in [0.15, 0.2) is 0 Å². The van der Waals surface area contributed by atoms with E-state index < -0.39 is 11.9 Å². The molecule has 0 saturated carbocycles. The lowest BCUT2D eigenvalue weighted by Crippen LogP contribution is -2.24. The highest BCUT2D eigenvalue weighted by Crippen LogP contribution is 2.32. The van der Waals surface area contributed by atoms with E-state index in [9.17, 15) is 8.78 Å². The third kappa shape index (κ3) is 3.82. The summed E-state index contributed by atoms with van der Waals surface area (Å²) in [5, 5.41) is 3.25. The zero-order chi connectivity index (χ0) is 15.4. The van der Waals surface area contributed by atoms with Crippen molar-refractivity contribution in [3.05, 3.63) is 68.7 Å². The highest BCUT2D eigenvalue weighted by molar-refractivity contribution is 9.10. The fourth-order valence-corrected chi connectivity index (χ4v) is 2.77. The second kappa shape index (κ2) is 7.34. The SMILES string of the molecule is CCCNC(c1cc(Br)ccc1F)c1cccc(F)c1Cl. The van der Waals surface area contributed by atoms with Crippen LogP contribution in [0.15, 0.2) is 40.9 Å². The van der Waals surface area contributed by atoms with Crippen molar-refractivity contribution in [1.29, 1.82) is 0 Å². The average Bonchev–Trinajstić information content (AvgIpc) is 2.47. The van der Waals surface area contributed by atoms with Crippen LogP contribution >= 0.6 is 27.5 Å². The molecule has 1 atom stereocenters. The standard InChI is InChI=1S/C16H15BrClF2N/c1-2-8-21-16(11-4-3-5-14(20)15(11)18)12-9-10(17)6-7-13(12)19/h3-7,9,16,21H,2,8H2,1H3. The molecule has 5 heteroatoms. The normalized spacial score (nSPS) is 12.4. The van der Waals surface area contributed by atoms with Crippen LogP contribution in [0.3, 0.4) is 0 Å². The fourth-order valence-electron chi connectivity index (χ4n) is 2.16. The van der Waals surface area contributed by atoms with E-state index in [1.165, 1.54) is 12.1 Å². The number of benzene rings is 2. The molecule has 0 aliphatic heterocycles. The lowest BCUT2D eigenvalue weighted by atomic mass is 9.97. The molecule has 2 rings (SSSR count). The van der Waals surface area contributed by atoms with Crippen LogP contribution in [-0.4, -0.2) is 6.54 Å². The molecule has 0 aliphatic rings. The first-order valence-electron chi connectivity index (χ1n) is 6.66. The van der Waals surface area contributed by atoms with Crippen molar-refractivity contribution >= 4 is 27.5 Å². The Bertz CT molecular complexity index is 632. The van der Waals surface area contributed by atoms with E-state index in [0.29, 0.717) is 17.7 Å². The molecule has 0 spiro atoms. The topological polar surface area (TPSA) is 12.0 Å². The van der Waals surface area contributed by atoms with Crippen molar-refractivity contribution in [2.45, 2.75) is 19.4 Å². The fraction of sp³-hybridized carbons (Fsp3) is 0.250.